The molecule has 0 aliphatic heterocycles. The smallest absolute Gasteiger partial charge is 0.253 e. The van der Waals surface area contributed by atoms with Crippen LogP contribution in [0.25, 0.3) is 0 Å². The maximum Gasteiger partial charge on any atom is 0.253 e. The van der Waals surface area contributed by atoms with Gasteiger partial charge < -0.3 is 15.7 Å². The second-order valence-electron chi connectivity index (χ2n) is 3.24. The number of rotatable bonds is 3. The number of hydrogen-bond donors (Lipinski definition) is 3. The van der Waals surface area contributed by atoms with Crippen LogP contribution >= 0.6 is 0 Å². The van der Waals surface area contributed by atoms with Crippen molar-refractivity contribution in [1.29, 1.82) is 0 Å². The SMILES string of the molecule is CNC(=O)CNC(=O)c1ccncc1C#CCO. The first-order valence-corrected chi connectivity index (χ1v) is 5.21. The Morgan fingerprint density at radius 1 is 1.50 bits per heavy atom. The summed E-state index contributed by atoms with van der Waals surface area (Å²) in [5.41, 5.74) is 0.718. The molecule has 18 heavy (non-hydrogen) atoms. The molecule has 2 amide bonds. The Kier molecular flexibility index (Phi) is 5.35. The van der Waals surface area contributed by atoms with Crippen molar-refractivity contribution in [3.05, 3.63) is 29.6 Å². The van der Waals surface area contributed by atoms with Crippen molar-refractivity contribution in [3.8, 4) is 11.8 Å². The van der Waals surface area contributed by atoms with Gasteiger partial charge in [0.15, 0.2) is 0 Å². The lowest BCUT2D eigenvalue weighted by atomic mass is 10.1. The van der Waals surface area contributed by atoms with Crippen molar-refractivity contribution >= 4 is 11.8 Å². The van der Waals surface area contributed by atoms with Gasteiger partial charge in [0.05, 0.1) is 17.7 Å². The summed E-state index contributed by atoms with van der Waals surface area (Å²) >= 11 is 0. The zero-order valence-electron chi connectivity index (χ0n) is 9.86. The highest BCUT2D eigenvalue weighted by Crippen LogP contribution is 2.04. The molecule has 1 aromatic rings. The summed E-state index contributed by atoms with van der Waals surface area (Å²) in [6, 6.07) is 1.50. The van der Waals surface area contributed by atoms with Crippen LogP contribution in [0.3, 0.4) is 0 Å². The summed E-state index contributed by atoms with van der Waals surface area (Å²) in [5.74, 6) is 4.36. The number of aromatic nitrogens is 1. The molecule has 0 bridgehead atoms. The highest BCUT2D eigenvalue weighted by atomic mass is 16.2. The van der Waals surface area contributed by atoms with E-state index in [-0.39, 0.29) is 19.1 Å². The van der Waals surface area contributed by atoms with Crippen molar-refractivity contribution < 1.29 is 14.7 Å². The number of likely N-dealkylation sites (N-methyl/N-ethyl adjacent to an activating group) is 1. The van der Waals surface area contributed by atoms with Gasteiger partial charge in [-0.15, -0.1) is 0 Å². The van der Waals surface area contributed by atoms with E-state index in [0.717, 1.165) is 0 Å². The van der Waals surface area contributed by atoms with Crippen LogP contribution < -0.4 is 10.6 Å². The van der Waals surface area contributed by atoms with E-state index in [0.29, 0.717) is 11.1 Å². The van der Waals surface area contributed by atoms with Crippen LogP contribution in [0, 0.1) is 11.8 Å². The zero-order valence-corrected chi connectivity index (χ0v) is 9.86. The van der Waals surface area contributed by atoms with Crippen LogP contribution in [0.1, 0.15) is 15.9 Å². The molecule has 6 nitrogen and oxygen atoms in total. The Balaban J connectivity index is 2.82. The fourth-order valence-electron chi connectivity index (χ4n) is 1.17. The van der Waals surface area contributed by atoms with Crippen molar-refractivity contribution in [1.82, 2.24) is 15.6 Å². The van der Waals surface area contributed by atoms with Gasteiger partial charge in [0, 0.05) is 19.4 Å². The first-order valence-electron chi connectivity index (χ1n) is 5.21. The van der Waals surface area contributed by atoms with Gasteiger partial charge in [-0.2, -0.15) is 0 Å². The Hall–Kier alpha value is -2.39. The molecule has 0 aromatic carbocycles. The molecule has 6 heteroatoms. The normalized spacial score (nSPS) is 9.00. The molecule has 0 saturated heterocycles. The lowest BCUT2D eigenvalue weighted by Gasteiger charge is -2.05. The minimum atomic E-state index is -0.414. The van der Waals surface area contributed by atoms with Crippen molar-refractivity contribution in [2.24, 2.45) is 0 Å². The van der Waals surface area contributed by atoms with Crippen LogP contribution in [-0.4, -0.2) is 42.1 Å². The van der Waals surface area contributed by atoms with E-state index in [2.05, 4.69) is 27.5 Å². The second-order valence-corrected chi connectivity index (χ2v) is 3.24. The van der Waals surface area contributed by atoms with Crippen LogP contribution in [-0.2, 0) is 4.79 Å². The van der Waals surface area contributed by atoms with E-state index in [1.165, 1.54) is 25.5 Å². The molecular formula is C12H13N3O3. The zero-order chi connectivity index (χ0) is 13.4. The molecule has 3 N–H and O–H groups in total. The summed E-state index contributed by atoms with van der Waals surface area (Å²) in [6.07, 6.45) is 2.89. The van der Waals surface area contributed by atoms with Crippen LogP contribution in [0.4, 0.5) is 0 Å². The molecule has 0 unspecified atom stereocenters. The van der Waals surface area contributed by atoms with Gasteiger partial charge in [-0.25, -0.2) is 0 Å². The molecule has 0 fully saturated rings. The molecule has 1 aromatic heterocycles. The lowest BCUT2D eigenvalue weighted by Crippen LogP contribution is -2.35. The van der Waals surface area contributed by atoms with Gasteiger partial charge in [0.2, 0.25) is 5.91 Å². The predicted octanol–water partition coefficient (Wildman–Crippen LogP) is -1.10. The Morgan fingerprint density at radius 2 is 2.28 bits per heavy atom. The average molecular weight is 247 g/mol. The van der Waals surface area contributed by atoms with Gasteiger partial charge in [0.1, 0.15) is 6.61 Å². The van der Waals surface area contributed by atoms with Crippen molar-refractivity contribution in [2.45, 2.75) is 0 Å². The van der Waals surface area contributed by atoms with Crippen LogP contribution in [0.2, 0.25) is 0 Å². The third kappa shape index (κ3) is 3.88. The minimum absolute atomic E-state index is 0.107. The molecule has 0 aliphatic rings. The molecular weight excluding hydrogens is 234 g/mol. The number of pyridine rings is 1. The van der Waals surface area contributed by atoms with E-state index in [1.807, 2.05) is 0 Å². The first kappa shape index (κ1) is 13.7. The number of carbonyl (C=O) groups excluding carboxylic acids is 2. The standard InChI is InChI=1S/C12H13N3O3/c1-13-11(17)8-15-12(18)10-4-5-14-7-9(10)3-2-6-16/h4-5,7,16H,6,8H2,1H3,(H,13,17)(H,15,18). The van der Waals surface area contributed by atoms with Gasteiger partial charge >= 0.3 is 0 Å². The number of aliphatic hydroxyl groups is 1. The summed E-state index contributed by atoms with van der Waals surface area (Å²) in [7, 11) is 1.49. The second kappa shape index (κ2) is 7.04. The molecule has 94 valence electrons. The van der Waals surface area contributed by atoms with E-state index in [4.69, 9.17) is 5.11 Å². The number of hydrogen-bond acceptors (Lipinski definition) is 4. The van der Waals surface area contributed by atoms with E-state index in [1.54, 1.807) is 0 Å². The van der Waals surface area contributed by atoms with Gasteiger partial charge in [-0.1, -0.05) is 11.8 Å². The van der Waals surface area contributed by atoms with E-state index >= 15 is 0 Å². The maximum absolute atomic E-state index is 11.8. The number of nitrogens with zero attached hydrogens (tertiary/aromatic N) is 1. The molecule has 0 spiro atoms. The molecule has 1 heterocycles. The highest BCUT2D eigenvalue weighted by Gasteiger charge is 2.10. The van der Waals surface area contributed by atoms with Crippen LogP contribution in [0.15, 0.2) is 18.5 Å². The third-order valence-electron chi connectivity index (χ3n) is 2.06. The Labute approximate surface area is 104 Å². The number of carbonyl (C=O) groups is 2. The number of aliphatic hydroxyl groups excluding tert-OH is 1. The Morgan fingerprint density at radius 3 is 2.94 bits per heavy atom. The molecule has 0 saturated carbocycles. The maximum atomic E-state index is 11.8. The van der Waals surface area contributed by atoms with Crippen LogP contribution in [0.5, 0.6) is 0 Å². The molecule has 0 atom stereocenters. The van der Waals surface area contributed by atoms with E-state index in [9.17, 15) is 9.59 Å². The van der Waals surface area contributed by atoms with E-state index < -0.39 is 5.91 Å². The molecule has 0 aliphatic carbocycles. The summed E-state index contributed by atoms with van der Waals surface area (Å²) in [6.45, 7) is -0.404. The monoisotopic (exact) mass is 247 g/mol. The topological polar surface area (TPSA) is 91.3 Å². The lowest BCUT2D eigenvalue weighted by molar-refractivity contribution is -0.119. The van der Waals surface area contributed by atoms with Crippen molar-refractivity contribution in [3.63, 3.8) is 0 Å². The number of amides is 2. The quantitative estimate of drug-likeness (QED) is 0.591. The average Bonchev–Trinajstić information content (AvgIpc) is 2.42. The highest BCUT2D eigenvalue weighted by molar-refractivity contribution is 5.98. The molecule has 1 rings (SSSR count). The van der Waals surface area contributed by atoms with Gasteiger partial charge in [-0.3, -0.25) is 14.6 Å². The fourth-order valence-corrected chi connectivity index (χ4v) is 1.17. The third-order valence-corrected chi connectivity index (χ3v) is 2.06. The summed E-state index contributed by atoms with van der Waals surface area (Å²) < 4.78 is 0. The minimum Gasteiger partial charge on any atom is -0.384 e. The predicted molar refractivity (Wildman–Crippen MR) is 64.6 cm³/mol. The first-order chi connectivity index (χ1) is 8.69. The largest absolute Gasteiger partial charge is 0.384 e. The summed E-state index contributed by atoms with van der Waals surface area (Å²) in [4.78, 5) is 26.7. The molecule has 0 radical (unpaired) electrons. The Bertz CT molecular complexity index is 503. The van der Waals surface area contributed by atoms with Gasteiger partial charge in [0.25, 0.3) is 5.91 Å². The number of nitrogens with one attached hydrogen (secondary N) is 2. The summed E-state index contributed by atoms with van der Waals surface area (Å²) in [5, 5.41) is 13.5. The fraction of sp³-hybridized carbons (Fsp3) is 0.250. The van der Waals surface area contributed by atoms with Gasteiger partial charge in [-0.05, 0) is 6.07 Å². The van der Waals surface area contributed by atoms with Crippen molar-refractivity contribution in [2.75, 3.05) is 20.2 Å².